The van der Waals surface area contributed by atoms with Crippen LogP contribution in [0.25, 0.3) is 10.9 Å². The summed E-state index contributed by atoms with van der Waals surface area (Å²) in [5.74, 6) is -1.34. The zero-order valence-electron chi connectivity index (χ0n) is 20.0. The summed E-state index contributed by atoms with van der Waals surface area (Å²) in [4.78, 5) is 43.8. The topological polar surface area (TPSA) is 116 Å². The number of carbonyl (C=O) groups is 2. The van der Waals surface area contributed by atoms with Crippen LogP contribution in [0.5, 0.6) is 0 Å². The van der Waals surface area contributed by atoms with Crippen molar-refractivity contribution in [3.8, 4) is 0 Å². The average Bonchev–Trinajstić information content (AvgIpc) is 2.79. The van der Waals surface area contributed by atoms with Gasteiger partial charge in [0.15, 0.2) is 0 Å². The molecule has 2 aromatic carbocycles. The quantitative estimate of drug-likeness (QED) is 0.264. The molecule has 37 heavy (non-hydrogen) atoms. The summed E-state index contributed by atoms with van der Waals surface area (Å²) in [7, 11) is 0. The van der Waals surface area contributed by atoms with Gasteiger partial charge >= 0.3 is 6.03 Å². The van der Waals surface area contributed by atoms with Crippen molar-refractivity contribution in [1.82, 2.24) is 9.97 Å². The van der Waals surface area contributed by atoms with E-state index in [-0.39, 0.29) is 28.1 Å². The predicted molar refractivity (Wildman–Crippen MR) is 139 cm³/mol. The van der Waals surface area contributed by atoms with E-state index in [0.717, 1.165) is 12.1 Å². The Morgan fingerprint density at radius 1 is 1.00 bits per heavy atom. The number of pyridine rings is 2. The molecule has 0 bridgehead atoms. The van der Waals surface area contributed by atoms with Crippen LogP contribution in [0.3, 0.4) is 0 Å². The van der Waals surface area contributed by atoms with Gasteiger partial charge in [0.25, 0.3) is 5.56 Å². The van der Waals surface area contributed by atoms with Gasteiger partial charge in [-0.15, -0.1) is 0 Å². The maximum absolute atomic E-state index is 14.7. The molecule has 11 heteroatoms. The highest BCUT2D eigenvalue weighted by atomic mass is 35.5. The number of H-pyrrole nitrogens is 1. The molecule has 0 saturated heterocycles. The Bertz CT molecular complexity index is 1600. The molecule has 3 amide bonds. The lowest BCUT2D eigenvalue weighted by molar-refractivity contribution is -0.114. The van der Waals surface area contributed by atoms with Crippen molar-refractivity contribution in [2.45, 2.75) is 26.2 Å². The van der Waals surface area contributed by atoms with E-state index in [4.69, 9.17) is 11.6 Å². The fourth-order valence-electron chi connectivity index (χ4n) is 3.93. The minimum absolute atomic E-state index is 0.0530. The zero-order valence-corrected chi connectivity index (χ0v) is 20.8. The number of amides is 3. The Kier molecular flexibility index (Phi) is 6.95. The molecule has 2 aromatic heterocycles. The number of urea groups is 1. The molecule has 2 heterocycles. The number of nitrogens with one attached hydrogen (secondary N) is 4. The van der Waals surface area contributed by atoms with Crippen LogP contribution in [-0.2, 0) is 10.2 Å². The van der Waals surface area contributed by atoms with E-state index in [1.54, 1.807) is 26.0 Å². The number of aromatic amines is 1. The van der Waals surface area contributed by atoms with Gasteiger partial charge in [-0.1, -0.05) is 31.5 Å². The summed E-state index contributed by atoms with van der Waals surface area (Å²) in [6.45, 7) is 4.82. The molecule has 4 aromatic rings. The summed E-state index contributed by atoms with van der Waals surface area (Å²) in [5.41, 5.74) is -0.285. The molecule has 0 atom stereocenters. The van der Waals surface area contributed by atoms with Gasteiger partial charge in [-0.25, -0.2) is 18.6 Å². The second kappa shape index (κ2) is 9.98. The van der Waals surface area contributed by atoms with Crippen molar-refractivity contribution >= 4 is 51.6 Å². The third kappa shape index (κ3) is 5.59. The molecule has 0 radical (unpaired) electrons. The Labute approximate surface area is 215 Å². The van der Waals surface area contributed by atoms with Gasteiger partial charge in [0, 0.05) is 46.3 Å². The van der Waals surface area contributed by atoms with E-state index in [9.17, 15) is 23.2 Å². The molecule has 0 saturated carbocycles. The standard InChI is InChI=1S/C26H22ClF2N5O3/c1-13(35)31-23-11-21-14(12-30-23)7-18(24(36)33-21)26(2,3)17-9-22(20(29)10-19(17)27)34-25(37)32-16-6-4-5-15(28)8-16/h4-12H,1-3H3,(H,33,36)(H,30,31,35)(H2,32,34,37). The minimum Gasteiger partial charge on any atom is -0.321 e. The number of anilines is 3. The monoisotopic (exact) mass is 525 g/mol. The van der Waals surface area contributed by atoms with E-state index >= 15 is 0 Å². The SMILES string of the molecule is CC(=O)Nc1cc2[nH]c(=O)c(C(C)(C)c3cc(NC(=O)Nc4cccc(F)c4)c(F)cc3Cl)cc2cn1. The van der Waals surface area contributed by atoms with Crippen molar-refractivity contribution in [2.24, 2.45) is 0 Å². The van der Waals surface area contributed by atoms with Gasteiger partial charge in [-0.3, -0.25) is 9.59 Å². The second-order valence-corrected chi connectivity index (χ2v) is 9.28. The maximum atomic E-state index is 14.7. The van der Waals surface area contributed by atoms with E-state index in [1.807, 2.05) is 0 Å². The van der Waals surface area contributed by atoms with Crippen LogP contribution in [0, 0.1) is 11.6 Å². The smallest absolute Gasteiger partial charge is 0.321 e. The molecule has 4 N–H and O–H groups in total. The van der Waals surface area contributed by atoms with Gasteiger partial charge in [0.05, 0.1) is 11.2 Å². The van der Waals surface area contributed by atoms with E-state index in [2.05, 4.69) is 25.9 Å². The van der Waals surface area contributed by atoms with Crippen LogP contribution in [0.15, 0.2) is 59.5 Å². The van der Waals surface area contributed by atoms with Crippen molar-refractivity contribution in [2.75, 3.05) is 16.0 Å². The van der Waals surface area contributed by atoms with E-state index < -0.39 is 28.6 Å². The fraction of sp³-hybridized carbons (Fsp3) is 0.154. The molecule has 0 aliphatic heterocycles. The Morgan fingerprint density at radius 2 is 1.76 bits per heavy atom. The van der Waals surface area contributed by atoms with Gasteiger partial charge in [0.2, 0.25) is 5.91 Å². The van der Waals surface area contributed by atoms with E-state index in [0.29, 0.717) is 22.0 Å². The summed E-state index contributed by atoms with van der Waals surface area (Å²) in [5, 5.41) is 8.04. The highest BCUT2D eigenvalue weighted by molar-refractivity contribution is 6.31. The molecule has 190 valence electrons. The Balaban J connectivity index is 1.68. The maximum Gasteiger partial charge on any atom is 0.323 e. The molecule has 0 aliphatic carbocycles. The van der Waals surface area contributed by atoms with Crippen molar-refractivity contribution in [3.63, 3.8) is 0 Å². The largest absolute Gasteiger partial charge is 0.323 e. The number of nitrogens with zero attached hydrogens (tertiary/aromatic N) is 1. The van der Waals surface area contributed by atoms with Crippen molar-refractivity contribution in [1.29, 1.82) is 0 Å². The number of fused-ring (bicyclic) bond motifs is 1. The number of aromatic nitrogens is 2. The number of carbonyl (C=O) groups excluding carboxylic acids is 2. The molecular formula is C26H22ClF2N5O3. The number of benzene rings is 2. The van der Waals surface area contributed by atoms with E-state index in [1.165, 1.54) is 37.4 Å². The van der Waals surface area contributed by atoms with Crippen LogP contribution in [0.1, 0.15) is 31.9 Å². The lowest BCUT2D eigenvalue weighted by Gasteiger charge is -2.27. The lowest BCUT2D eigenvalue weighted by atomic mass is 9.78. The van der Waals surface area contributed by atoms with Crippen LogP contribution in [0.4, 0.5) is 30.8 Å². The molecule has 0 fully saturated rings. The minimum atomic E-state index is -1.03. The van der Waals surface area contributed by atoms with Crippen molar-refractivity contribution in [3.05, 3.63) is 92.9 Å². The van der Waals surface area contributed by atoms with Crippen molar-refractivity contribution < 1.29 is 18.4 Å². The number of hydrogen-bond acceptors (Lipinski definition) is 4. The highest BCUT2D eigenvalue weighted by Gasteiger charge is 2.30. The zero-order chi connectivity index (χ0) is 26.9. The Morgan fingerprint density at radius 3 is 2.46 bits per heavy atom. The van der Waals surface area contributed by atoms with Gasteiger partial charge in [-0.2, -0.15) is 0 Å². The second-order valence-electron chi connectivity index (χ2n) is 8.88. The molecule has 4 rings (SSSR count). The molecular weight excluding hydrogens is 504 g/mol. The first kappa shape index (κ1) is 25.8. The summed E-state index contributed by atoms with van der Waals surface area (Å²) in [6.07, 6.45) is 1.51. The molecule has 8 nitrogen and oxygen atoms in total. The summed E-state index contributed by atoms with van der Waals surface area (Å²) < 4.78 is 28.1. The Hall–Kier alpha value is -4.31. The number of halogens is 3. The van der Waals surface area contributed by atoms with Gasteiger partial charge in [-0.05, 0) is 42.0 Å². The van der Waals surface area contributed by atoms with Crippen LogP contribution in [-0.4, -0.2) is 21.9 Å². The lowest BCUT2D eigenvalue weighted by Crippen LogP contribution is -2.29. The van der Waals surface area contributed by atoms with Gasteiger partial charge < -0.3 is 20.9 Å². The first-order chi connectivity index (χ1) is 17.4. The fourth-order valence-corrected chi connectivity index (χ4v) is 4.32. The predicted octanol–water partition coefficient (Wildman–Crippen LogP) is 5.78. The normalized spacial score (nSPS) is 11.3. The first-order valence-corrected chi connectivity index (χ1v) is 11.5. The third-order valence-corrected chi connectivity index (χ3v) is 6.08. The van der Waals surface area contributed by atoms with Crippen LogP contribution < -0.4 is 21.5 Å². The highest BCUT2D eigenvalue weighted by Crippen LogP contribution is 2.38. The summed E-state index contributed by atoms with van der Waals surface area (Å²) in [6, 6.07) is 10.0. The summed E-state index contributed by atoms with van der Waals surface area (Å²) >= 11 is 6.38. The van der Waals surface area contributed by atoms with Gasteiger partial charge in [0.1, 0.15) is 17.5 Å². The third-order valence-electron chi connectivity index (χ3n) is 5.77. The van der Waals surface area contributed by atoms with Crippen LogP contribution >= 0.6 is 11.6 Å². The van der Waals surface area contributed by atoms with Crippen LogP contribution in [0.2, 0.25) is 5.02 Å². The average molecular weight is 526 g/mol. The first-order valence-electron chi connectivity index (χ1n) is 11.1. The number of rotatable bonds is 5. The molecule has 0 aliphatic rings. The molecule has 0 unspecified atom stereocenters. The number of hydrogen-bond donors (Lipinski definition) is 4. The molecule has 0 spiro atoms.